The Labute approximate surface area is 242 Å². The van der Waals surface area contributed by atoms with Crippen LogP contribution in [0.3, 0.4) is 0 Å². The number of thioether (sulfide) groups is 1. The van der Waals surface area contributed by atoms with Gasteiger partial charge in [-0.3, -0.25) is 9.69 Å². The fraction of sp³-hybridized carbons (Fsp3) is 0.500. The molecule has 0 radical (unpaired) electrons. The van der Waals surface area contributed by atoms with Gasteiger partial charge in [0.2, 0.25) is 12.7 Å². The number of nitrogens with zero attached hydrogens (tertiary/aromatic N) is 3. The number of anilines is 1. The lowest BCUT2D eigenvalue weighted by atomic mass is 10.1. The predicted molar refractivity (Wildman–Crippen MR) is 162 cm³/mol. The number of hydrogen-bond acceptors (Lipinski definition) is 8. The van der Waals surface area contributed by atoms with Crippen molar-refractivity contribution in [1.29, 1.82) is 0 Å². The van der Waals surface area contributed by atoms with Crippen molar-refractivity contribution in [2.45, 2.75) is 50.8 Å². The molecule has 0 aliphatic carbocycles. The maximum absolute atomic E-state index is 11.8. The second-order valence-corrected chi connectivity index (χ2v) is 12.1. The second kappa shape index (κ2) is 14.1. The molecule has 2 aliphatic heterocycles. The monoisotopic (exact) mass is 563 g/mol. The summed E-state index contributed by atoms with van der Waals surface area (Å²) in [6.45, 7) is 10.3. The van der Waals surface area contributed by atoms with Gasteiger partial charge in [-0.05, 0) is 74.0 Å². The zero-order valence-corrected chi connectivity index (χ0v) is 24.6. The number of piperazine rings is 1. The molecule has 7 nitrogen and oxygen atoms in total. The van der Waals surface area contributed by atoms with Crippen molar-refractivity contribution in [3.8, 4) is 11.6 Å². The van der Waals surface area contributed by atoms with Gasteiger partial charge < -0.3 is 19.1 Å². The highest BCUT2D eigenvalue weighted by molar-refractivity contribution is 7.99. The highest BCUT2D eigenvalue weighted by atomic mass is 32.2. The maximum atomic E-state index is 11.8. The van der Waals surface area contributed by atoms with Gasteiger partial charge in [-0.1, -0.05) is 19.9 Å². The van der Waals surface area contributed by atoms with Gasteiger partial charge in [0.15, 0.2) is 0 Å². The Bertz CT molecular complexity index is 1280. The zero-order chi connectivity index (χ0) is 27.7. The third-order valence-electron chi connectivity index (χ3n) is 7.56. The van der Waals surface area contributed by atoms with Gasteiger partial charge in [0.05, 0.1) is 12.1 Å². The number of fused-ring (bicyclic) bond motifs is 2. The lowest BCUT2D eigenvalue weighted by molar-refractivity contribution is -0.150. The van der Waals surface area contributed by atoms with E-state index in [1.165, 1.54) is 22.8 Å². The Morgan fingerprint density at radius 2 is 1.88 bits per heavy atom. The Morgan fingerprint density at radius 1 is 1.02 bits per heavy atom. The molecule has 2 aromatic carbocycles. The number of unbranched alkanes of at least 4 members (excludes halogenated alkanes) is 1. The van der Waals surface area contributed by atoms with E-state index in [0.29, 0.717) is 24.8 Å². The van der Waals surface area contributed by atoms with Crippen LogP contribution in [0, 0.1) is 5.92 Å². The molecule has 8 heteroatoms. The molecule has 40 heavy (non-hydrogen) atoms. The van der Waals surface area contributed by atoms with Crippen LogP contribution < -0.4 is 14.4 Å². The van der Waals surface area contributed by atoms with Gasteiger partial charge in [0.25, 0.3) is 0 Å². The number of ether oxygens (including phenoxy) is 3. The number of aromatic nitrogens is 1. The summed E-state index contributed by atoms with van der Waals surface area (Å²) in [6, 6.07) is 16.5. The van der Waals surface area contributed by atoms with Crippen molar-refractivity contribution in [2.75, 3.05) is 56.8 Å². The fourth-order valence-electron chi connectivity index (χ4n) is 5.22. The molecule has 0 atom stereocenters. The van der Waals surface area contributed by atoms with Crippen molar-refractivity contribution in [3.05, 3.63) is 54.1 Å². The first-order valence-corrected chi connectivity index (χ1v) is 15.6. The van der Waals surface area contributed by atoms with Crippen LogP contribution >= 0.6 is 11.8 Å². The van der Waals surface area contributed by atoms with Crippen molar-refractivity contribution in [2.24, 2.45) is 5.92 Å². The van der Waals surface area contributed by atoms with E-state index in [1.54, 1.807) is 11.6 Å². The van der Waals surface area contributed by atoms with Crippen molar-refractivity contribution in [3.63, 3.8) is 0 Å². The first kappa shape index (κ1) is 28.6. The molecular weight excluding hydrogens is 522 g/mol. The van der Waals surface area contributed by atoms with E-state index in [4.69, 9.17) is 14.2 Å². The van der Waals surface area contributed by atoms with E-state index in [-0.39, 0.29) is 12.8 Å². The van der Waals surface area contributed by atoms with Gasteiger partial charge >= 0.3 is 5.97 Å². The summed E-state index contributed by atoms with van der Waals surface area (Å²) in [7, 11) is 0. The SMILES string of the molecule is CC(C)CCC(=O)OCOc1ccc2ccc(OCCCCN3CCN(c4cccc5c4CCS5)CC3)cc2n1. The molecule has 5 rings (SSSR count). The van der Waals surface area contributed by atoms with Crippen LogP contribution in [0.5, 0.6) is 11.6 Å². The standard InChI is InChI=1S/C32H41N3O4S/c1-24(2)8-13-32(36)39-23-38-31-12-10-25-9-11-26(22-28(25)33-31)37-20-4-3-15-34-16-18-35(19-17-34)29-6-5-7-30-27(29)14-21-40-30/h5-7,9-12,22,24H,3-4,8,13-21,23H2,1-2H3. The number of benzene rings is 2. The van der Waals surface area contributed by atoms with Gasteiger partial charge in [-0.2, -0.15) is 0 Å². The Hall–Kier alpha value is -2.97. The van der Waals surface area contributed by atoms with E-state index >= 15 is 0 Å². The fourth-order valence-corrected chi connectivity index (χ4v) is 6.30. The average molecular weight is 564 g/mol. The minimum Gasteiger partial charge on any atom is -0.494 e. The van der Waals surface area contributed by atoms with E-state index in [0.717, 1.165) is 68.6 Å². The van der Waals surface area contributed by atoms with E-state index < -0.39 is 0 Å². The summed E-state index contributed by atoms with van der Waals surface area (Å²) in [5, 5.41) is 1.01. The minimum absolute atomic E-state index is 0.131. The summed E-state index contributed by atoms with van der Waals surface area (Å²) < 4.78 is 16.8. The largest absolute Gasteiger partial charge is 0.494 e. The molecule has 0 bridgehead atoms. The first-order chi connectivity index (χ1) is 19.5. The number of hydrogen-bond donors (Lipinski definition) is 0. The third-order valence-corrected chi connectivity index (χ3v) is 8.66. The van der Waals surface area contributed by atoms with E-state index in [1.807, 2.05) is 36.0 Å². The molecular formula is C32H41N3O4S. The number of carbonyl (C=O) groups excluding carboxylic acids is 1. The molecule has 0 N–H and O–H groups in total. The van der Waals surface area contributed by atoms with Crippen LogP contribution in [0.25, 0.3) is 10.9 Å². The van der Waals surface area contributed by atoms with Crippen LogP contribution in [0.2, 0.25) is 0 Å². The molecule has 0 unspecified atom stereocenters. The van der Waals surface area contributed by atoms with Gasteiger partial charge in [-0.25, -0.2) is 4.98 Å². The lowest BCUT2D eigenvalue weighted by Crippen LogP contribution is -2.47. The predicted octanol–water partition coefficient (Wildman–Crippen LogP) is 6.18. The average Bonchev–Trinajstić information content (AvgIpc) is 3.45. The quantitative estimate of drug-likeness (QED) is 0.139. The van der Waals surface area contributed by atoms with Crippen LogP contribution in [0.15, 0.2) is 53.4 Å². The van der Waals surface area contributed by atoms with Crippen LogP contribution in [-0.2, 0) is 16.0 Å². The Balaban J connectivity index is 1.00. The molecule has 3 aromatic rings. The molecule has 0 amide bonds. The summed E-state index contributed by atoms with van der Waals surface area (Å²) in [4.78, 5) is 23.0. The zero-order valence-electron chi connectivity index (χ0n) is 23.8. The second-order valence-electron chi connectivity index (χ2n) is 11.0. The number of rotatable bonds is 13. The van der Waals surface area contributed by atoms with Gasteiger partial charge in [0.1, 0.15) is 5.75 Å². The van der Waals surface area contributed by atoms with Gasteiger partial charge in [0, 0.05) is 66.5 Å². The molecule has 1 fully saturated rings. The molecule has 0 saturated carbocycles. The lowest BCUT2D eigenvalue weighted by Gasteiger charge is -2.37. The summed E-state index contributed by atoms with van der Waals surface area (Å²) >= 11 is 1.99. The number of carbonyl (C=O) groups is 1. The summed E-state index contributed by atoms with van der Waals surface area (Å²) in [5.74, 6) is 2.67. The summed E-state index contributed by atoms with van der Waals surface area (Å²) in [6.07, 6.45) is 4.55. The first-order valence-electron chi connectivity index (χ1n) is 14.6. The summed E-state index contributed by atoms with van der Waals surface area (Å²) in [5.41, 5.74) is 3.81. The highest BCUT2D eigenvalue weighted by Crippen LogP contribution is 2.37. The van der Waals surface area contributed by atoms with E-state index in [9.17, 15) is 4.79 Å². The van der Waals surface area contributed by atoms with Crippen molar-refractivity contribution in [1.82, 2.24) is 9.88 Å². The molecule has 3 heterocycles. The Morgan fingerprint density at radius 3 is 2.73 bits per heavy atom. The highest BCUT2D eigenvalue weighted by Gasteiger charge is 2.22. The Kier molecular flexibility index (Phi) is 10.1. The van der Waals surface area contributed by atoms with E-state index in [2.05, 4.69) is 46.8 Å². The molecule has 1 saturated heterocycles. The van der Waals surface area contributed by atoms with Crippen molar-refractivity contribution >= 4 is 34.3 Å². The van der Waals surface area contributed by atoms with Crippen LogP contribution in [-0.4, -0.2) is 67.7 Å². The molecule has 214 valence electrons. The van der Waals surface area contributed by atoms with Crippen molar-refractivity contribution < 1.29 is 19.0 Å². The number of esters is 1. The third kappa shape index (κ3) is 7.82. The number of pyridine rings is 1. The minimum atomic E-state index is -0.248. The molecule has 0 spiro atoms. The topological polar surface area (TPSA) is 64.1 Å². The molecule has 2 aliphatic rings. The smallest absolute Gasteiger partial charge is 0.308 e. The van der Waals surface area contributed by atoms with Crippen LogP contribution in [0.4, 0.5) is 5.69 Å². The maximum Gasteiger partial charge on any atom is 0.308 e. The van der Waals surface area contributed by atoms with Crippen LogP contribution in [0.1, 0.15) is 45.1 Å². The van der Waals surface area contributed by atoms with Gasteiger partial charge in [-0.15, -0.1) is 11.8 Å². The molecule has 1 aromatic heterocycles. The normalized spacial score (nSPS) is 15.4.